The second-order valence-corrected chi connectivity index (χ2v) is 6.82. The molecule has 2 N–H and O–H groups in total. The molecule has 0 fully saturated rings. The van der Waals surface area contributed by atoms with Gasteiger partial charge in [0.2, 0.25) is 0 Å². The molecule has 0 bridgehead atoms. The maximum atomic E-state index is 13.0. The third-order valence-electron chi connectivity index (χ3n) is 4.89. The number of carbonyl (C=O) groups is 1. The highest BCUT2D eigenvalue weighted by Crippen LogP contribution is 2.30. The minimum absolute atomic E-state index is 0.0403. The number of nitrogens with zero attached hydrogens (tertiary/aromatic N) is 2. The quantitative estimate of drug-likeness (QED) is 0.547. The average molecular weight is 351 g/mol. The normalized spacial score (nSPS) is 14.2. The van der Waals surface area contributed by atoms with Crippen molar-refractivity contribution >= 4 is 39.4 Å². The van der Waals surface area contributed by atoms with Gasteiger partial charge in [0.15, 0.2) is 0 Å². The van der Waals surface area contributed by atoms with Gasteiger partial charge in [-0.05, 0) is 36.4 Å². The second-order valence-electron chi connectivity index (χ2n) is 6.38. The van der Waals surface area contributed by atoms with E-state index in [2.05, 4.69) is 15.0 Å². The number of halogens is 1. The fraction of sp³-hybridized carbons (Fsp3) is 0.158. The SMILES string of the molecule is O=C(c1ccc2nc[nH]c2c1)N1CCc2[nH]c3ccc(Cl)cc3c2C1. The lowest BCUT2D eigenvalue weighted by atomic mass is 10.0. The highest BCUT2D eigenvalue weighted by molar-refractivity contribution is 6.31. The number of amides is 1. The predicted octanol–water partition coefficient (Wildman–Crippen LogP) is 3.90. The molecule has 25 heavy (non-hydrogen) atoms. The van der Waals surface area contributed by atoms with Gasteiger partial charge in [0.05, 0.1) is 17.4 Å². The number of rotatable bonds is 1. The van der Waals surface area contributed by atoms with Gasteiger partial charge in [-0.3, -0.25) is 4.79 Å². The van der Waals surface area contributed by atoms with Crippen LogP contribution in [0.2, 0.25) is 5.02 Å². The number of imidazole rings is 1. The molecule has 124 valence electrons. The van der Waals surface area contributed by atoms with Crippen molar-refractivity contribution in [3.63, 3.8) is 0 Å². The van der Waals surface area contributed by atoms with E-state index in [0.717, 1.165) is 28.4 Å². The third-order valence-corrected chi connectivity index (χ3v) is 5.13. The van der Waals surface area contributed by atoms with Crippen LogP contribution in [0, 0.1) is 0 Å². The molecule has 2 aromatic heterocycles. The van der Waals surface area contributed by atoms with Crippen molar-refractivity contribution < 1.29 is 4.79 Å². The molecule has 0 spiro atoms. The third kappa shape index (κ3) is 2.31. The zero-order valence-electron chi connectivity index (χ0n) is 13.3. The Hall–Kier alpha value is -2.79. The number of fused-ring (bicyclic) bond motifs is 4. The number of benzene rings is 2. The molecule has 0 aliphatic carbocycles. The summed E-state index contributed by atoms with van der Waals surface area (Å²) in [6, 6.07) is 11.4. The lowest BCUT2D eigenvalue weighted by Crippen LogP contribution is -2.35. The van der Waals surface area contributed by atoms with Gasteiger partial charge < -0.3 is 14.9 Å². The molecule has 1 amide bonds. The van der Waals surface area contributed by atoms with Gasteiger partial charge >= 0.3 is 0 Å². The fourth-order valence-corrected chi connectivity index (χ4v) is 3.78. The summed E-state index contributed by atoms with van der Waals surface area (Å²) in [6.07, 6.45) is 2.46. The summed E-state index contributed by atoms with van der Waals surface area (Å²) in [6.45, 7) is 1.29. The maximum absolute atomic E-state index is 13.0. The van der Waals surface area contributed by atoms with Crippen LogP contribution in [0.4, 0.5) is 0 Å². The Morgan fingerprint density at radius 1 is 1.16 bits per heavy atom. The Kier molecular flexibility index (Phi) is 3.12. The molecular weight excluding hydrogens is 336 g/mol. The molecular formula is C19H15ClN4O. The molecule has 0 atom stereocenters. The standard InChI is InChI=1S/C19H15ClN4O/c20-12-2-4-15-13(8-12)14-9-24(6-5-16(14)23-15)19(25)11-1-3-17-18(7-11)22-10-21-17/h1-4,7-8,10,23H,5-6,9H2,(H,21,22). The molecule has 5 nitrogen and oxygen atoms in total. The number of aromatic nitrogens is 3. The van der Waals surface area contributed by atoms with E-state index in [1.165, 1.54) is 11.3 Å². The van der Waals surface area contributed by atoms with Crippen molar-refractivity contribution in [2.24, 2.45) is 0 Å². The molecule has 1 aliphatic heterocycles. The van der Waals surface area contributed by atoms with Gasteiger partial charge in [-0.2, -0.15) is 0 Å². The van der Waals surface area contributed by atoms with Gasteiger partial charge in [0.1, 0.15) is 0 Å². The number of carbonyl (C=O) groups excluding carboxylic acids is 1. The summed E-state index contributed by atoms with van der Waals surface area (Å²) in [7, 11) is 0. The summed E-state index contributed by atoms with van der Waals surface area (Å²) >= 11 is 6.15. The van der Waals surface area contributed by atoms with Gasteiger partial charge in [0.25, 0.3) is 5.91 Å². The predicted molar refractivity (Wildman–Crippen MR) is 97.8 cm³/mol. The molecule has 6 heteroatoms. The van der Waals surface area contributed by atoms with Gasteiger partial charge in [-0.1, -0.05) is 11.6 Å². The van der Waals surface area contributed by atoms with Crippen molar-refractivity contribution in [1.82, 2.24) is 19.9 Å². The molecule has 0 saturated carbocycles. The van der Waals surface area contributed by atoms with Crippen LogP contribution in [-0.4, -0.2) is 32.3 Å². The van der Waals surface area contributed by atoms with Crippen molar-refractivity contribution in [2.75, 3.05) is 6.54 Å². The van der Waals surface area contributed by atoms with Crippen LogP contribution >= 0.6 is 11.6 Å². The van der Waals surface area contributed by atoms with Crippen molar-refractivity contribution in [1.29, 1.82) is 0 Å². The van der Waals surface area contributed by atoms with E-state index >= 15 is 0 Å². The maximum Gasteiger partial charge on any atom is 0.254 e. The second kappa shape index (κ2) is 5.36. The molecule has 1 aliphatic rings. The van der Waals surface area contributed by atoms with Crippen LogP contribution in [0.3, 0.4) is 0 Å². The highest BCUT2D eigenvalue weighted by atomic mass is 35.5. The molecule has 5 rings (SSSR count). The van der Waals surface area contributed by atoms with E-state index in [0.29, 0.717) is 23.7 Å². The van der Waals surface area contributed by atoms with E-state index in [1.807, 2.05) is 41.3 Å². The highest BCUT2D eigenvalue weighted by Gasteiger charge is 2.25. The number of aromatic amines is 2. The first-order valence-corrected chi connectivity index (χ1v) is 8.58. The van der Waals surface area contributed by atoms with Crippen LogP contribution in [0.1, 0.15) is 21.6 Å². The Balaban J connectivity index is 1.50. The Morgan fingerprint density at radius 3 is 3.00 bits per heavy atom. The largest absolute Gasteiger partial charge is 0.358 e. The number of hydrogen-bond acceptors (Lipinski definition) is 2. The number of H-pyrrole nitrogens is 2. The Morgan fingerprint density at radius 2 is 2.08 bits per heavy atom. The zero-order chi connectivity index (χ0) is 17.0. The van der Waals surface area contributed by atoms with Gasteiger partial charge in [-0.15, -0.1) is 0 Å². The van der Waals surface area contributed by atoms with Crippen LogP contribution in [0.25, 0.3) is 21.9 Å². The zero-order valence-corrected chi connectivity index (χ0v) is 14.1. The summed E-state index contributed by atoms with van der Waals surface area (Å²) in [5.74, 6) is 0.0403. The van der Waals surface area contributed by atoms with E-state index in [1.54, 1.807) is 6.33 Å². The minimum Gasteiger partial charge on any atom is -0.358 e. The van der Waals surface area contributed by atoms with Crippen LogP contribution in [0.15, 0.2) is 42.7 Å². The van der Waals surface area contributed by atoms with E-state index in [-0.39, 0.29) is 5.91 Å². The first-order chi connectivity index (χ1) is 12.2. The fourth-order valence-electron chi connectivity index (χ4n) is 3.61. The van der Waals surface area contributed by atoms with E-state index < -0.39 is 0 Å². The first kappa shape index (κ1) is 14.5. The first-order valence-electron chi connectivity index (χ1n) is 8.20. The molecule has 0 saturated heterocycles. The summed E-state index contributed by atoms with van der Waals surface area (Å²) in [5, 5.41) is 1.81. The lowest BCUT2D eigenvalue weighted by molar-refractivity contribution is 0.0735. The Bertz CT molecular complexity index is 1130. The van der Waals surface area contributed by atoms with Crippen LogP contribution in [0.5, 0.6) is 0 Å². The number of hydrogen-bond donors (Lipinski definition) is 2. The van der Waals surface area contributed by atoms with Gasteiger partial charge in [0, 0.05) is 52.3 Å². The van der Waals surface area contributed by atoms with Crippen molar-refractivity contribution in [2.45, 2.75) is 13.0 Å². The summed E-state index contributed by atoms with van der Waals surface area (Å²) in [4.78, 5) is 25.6. The van der Waals surface area contributed by atoms with E-state index in [9.17, 15) is 4.79 Å². The number of nitrogens with one attached hydrogen (secondary N) is 2. The lowest BCUT2D eigenvalue weighted by Gasteiger charge is -2.27. The summed E-state index contributed by atoms with van der Waals surface area (Å²) in [5.41, 5.74) is 5.86. The van der Waals surface area contributed by atoms with Crippen molar-refractivity contribution in [3.8, 4) is 0 Å². The minimum atomic E-state index is 0.0403. The topological polar surface area (TPSA) is 64.8 Å². The average Bonchev–Trinajstić information content (AvgIpc) is 3.24. The molecule has 4 aromatic rings. The Labute approximate surface area is 148 Å². The molecule has 2 aromatic carbocycles. The van der Waals surface area contributed by atoms with Crippen LogP contribution < -0.4 is 0 Å². The summed E-state index contributed by atoms with van der Waals surface area (Å²) < 4.78 is 0. The van der Waals surface area contributed by atoms with Gasteiger partial charge in [-0.25, -0.2) is 4.98 Å². The molecule has 0 unspecified atom stereocenters. The molecule has 3 heterocycles. The van der Waals surface area contributed by atoms with E-state index in [4.69, 9.17) is 11.6 Å². The molecule has 0 radical (unpaired) electrons. The van der Waals surface area contributed by atoms with Crippen molar-refractivity contribution in [3.05, 3.63) is 64.6 Å². The smallest absolute Gasteiger partial charge is 0.254 e. The monoisotopic (exact) mass is 350 g/mol. The van der Waals surface area contributed by atoms with Crippen LogP contribution in [-0.2, 0) is 13.0 Å².